The van der Waals surface area contributed by atoms with E-state index in [1.54, 1.807) is 0 Å². The summed E-state index contributed by atoms with van der Waals surface area (Å²) in [7, 11) is 0. The minimum Gasteiger partial charge on any atom is -0.364 e. The molecule has 0 fully saturated rings. The zero-order valence-electron chi connectivity index (χ0n) is 6.90. The molecule has 0 aromatic rings. The molecule has 0 aliphatic carbocycles. The lowest BCUT2D eigenvalue weighted by atomic mass is 10.3. The quantitative estimate of drug-likeness (QED) is 0.622. The Hall–Kier alpha value is -1.22. The van der Waals surface area contributed by atoms with Crippen molar-refractivity contribution in [2.45, 2.75) is 12.6 Å². The molecule has 0 saturated carbocycles. The molecule has 0 unspecified atom stereocenters. The summed E-state index contributed by atoms with van der Waals surface area (Å²) in [5.41, 5.74) is 6.68. The summed E-state index contributed by atoms with van der Waals surface area (Å²) >= 11 is 0. The van der Waals surface area contributed by atoms with E-state index in [-0.39, 0.29) is 0 Å². The molecule has 2 rings (SSSR count). The maximum Gasteiger partial charge on any atom is 0.122 e. The Morgan fingerprint density at radius 2 is 2.42 bits per heavy atom. The molecule has 0 aromatic carbocycles. The topological polar surface area (TPSA) is 41.3 Å². The Kier molecular flexibility index (Phi) is 1.87. The predicted molar refractivity (Wildman–Crippen MR) is 48.8 cm³/mol. The molecule has 1 atom stereocenters. The van der Waals surface area contributed by atoms with E-state index < -0.39 is 0 Å². The van der Waals surface area contributed by atoms with Gasteiger partial charge in [0.2, 0.25) is 0 Å². The van der Waals surface area contributed by atoms with Crippen LogP contribution < -0.4 is 11.1 Å². The summed E-state index contributed by atoms with van der Waals surface area (Å²) in [6.07, 6.45) is 11.6. The normalized spacial score (nSPS) is 25.2. The molecular formula is C9H13N3. The van der Waals surface area contributed by atoms with E-state index in [1.165, 1.54) is 5.70 Å². The van der Waals surface area contributed by atoms with E-state index in [9.17, 15) is 0 Å². The summed E-state index contributed by atoms with van der Waals surface area (Å²) in [6, 6.07) is 0. The van der Waals surface area contributed by atoms with Crippen LogP contribution in [0.25, 0.3) is 0 Å². The fourth-order valence-corrected chi connectivity index (χ4v) is 1.46. The lowest BCUT2D eigenvalue weighted by molar-refractivity contribution is 0.423. The molecule has 2 aliphatic heterocycles. The van der Waals surface area contributed by atoms with Gasteiger partial charge in [0.05, 0.1) is 0 Å². The van der Waals surface area contributed by atoms with Crippen LogP contribution in [0.4, 0.5) is 0 Å². The van der Waals surface area contributed by atoms with Crippen LogP contribution in [0.3, 0.4) is 0 Å². The van der Waals surface area contributed by atoms with Crippen molar-refractivity contribution in [2.75, 3.05) is 6.54 Å². The van der Waals surface area contributed by atoms with Crippen LogP contribution in [0.5, 0.6) is 0 Å². The second-order valence-corrected chi connectivity index (χ2v) is 2.96. The number of nitrogens with zero attached hydrogens (tertiary/aromatic N) is 1. The number of nitrogens with one attached hydrogen (secondary N) is 1. The zero-order valence-corrected chi connectivity index (χ0v) is 6.90. The first-order valence-corrected chi connectivity index (χ1v) is 4.20. The van der Waals surface area contributed by atoms with Gasteiger partial charge >= 0.3 is 0 Å². The van der Waals surface area contributed by atoms with Gasteiger partial charge in [-0.2, -0.15) is 0 Å². The summed E-state index contributed by atoms with van der Waals surface area (Å²) in [5.74, 6) is 0. The number of nitrogens with two attached hydrogens (primary N) is 1. The van der Waals surface area contributed by atoms with Crippen molar-refractivity contribution in [3.63, 3.8) is 0 Å². The van der Waals surface area contributed by atoms with Crippen molar-refractivity contribution < 1.29 is 0 Å². The first kappa shape index (κ1) is 7.43. The largest absolute Gasteiger partial charge is 0.364 e. The van der Waals surface area contributed by atoms with Crippen LogP contribution in [-0.4, -0.2) is 17.6 Å². The molecule has 2 heterocycles. The highest BCUT2D eigenvalue weighted by Gasteiger charge is 2.19. The first-order chi connectivity index (χ1) is 5.90. The van der Waals surface area contributed by atoms with Crippen molar-refractivity contribution in [2.24, 2.45) is 5.73 Å². The van der Waals surface area contributed by atoms with Gasteiger partial charge in [-0.15, -0.1) is 0 Å². The van der Waals surface area contributed by atoms with E-state index in [2.05, 4.69) is 28.7 Å². The monoisotopic (exact) mass is 163 g/mol. The van der Waals surface area contributed by atoms with Gasteiger partial charge in [-0.1, -0.05) is 6.08 Å². The predicted octanol–water partition coefficient (Wildman–Crippen LogP) is 0.491. The van der Waals surface area contributed by atoms with E-state index in [1.807, 2.05) is 12.2 Å². The maximum atomic E-state index is 5.46. The third-order valence-electron chi connectivity index (χ3n) is 2.04. The van der Waals surface area contributed by atoms with Crippen LogP contribution >= 0.6 is 0 Å². The lowest BCUT2D eigenvalue weighted by Crippen LogP contribution is -2.32. The highest BCUT2D eigenvalue weighted by molar-refractivity contribution is 5.22. The first-order valence-electron chi connectivity index (χ1n) is 4.20. The molecule has 0 bridgehead atoms. The number of hydrogen-bond acceptors (Lipinski definition) is 3. The molecule has 3 N–H and O–H groups in total. The van der Waals surface area contributed by atoms with Crippen molar-refractivity contribution >= 4 is 0 Å². The number of fused-ring (bicyclic) bond motifs is 1. The van der Waals surface area contributed by atoms with Crippen LogP contribution in [-0.2, 0) is 0 Å². The highest BCUT2D eigenvalue weighted by atomic mass is 15.3. The van der Waals surface area contributed by atoms with Crippen LogP contribution in [0.2, 0.25) is 0 Å². The summed E-state index contributed by atoms with van der Waals surface area (Å²) in [4.78, 5) is 2.14. The number of allylic oxidation sites excluding steroid dienone is 2. The van der Waals surface area contributed by atoms with Gasteiger partial charge in [-0.05, 0) is 18.7 Å². The Labute approximate surface area is 72.2 Å². The lowest BCUT2D eigenvalue weighted by Gasteiger charge is -2.20. The second-order valence-electron chi connectivity index (χ2n) is 2.96. The molecule has 12 heavy (non-hydrogen) atoms. The molecule has 64 valence electrons. The van der Waals surface area contributed by atoms with Gasteiger partial charge in [0.25, 0.3) is 0 Å². The standard InChI is InChI=1S/C9H13N3/c10-5-4-8-7-12-6-2-1-3-9(12)11-8/h1-3,6-7,9,11H,4-5,10H2/t9-/m0/s1. The molecular weight excluding hydrogens is 150 g/mol. The smallest absolute Gasteiger partial charge is 0.122 e. The molecule has 0 saturated heterocycles. The van der Waals surface area contributed by atoms with Gasteiger partial charge in [-0.25, -0.2) is 0 Å². The third kappa shape index (κ3) is 1.23. The van der Waals surface area contributed by atoms with E-state index in [0.717, 1.165) is 6.42 Å². The van der Waals surface area contributed by atoms with Gasteiger partial charge in [0.1, 0.15) is 6.17 Å². The summed E-state index contributed by atoms with van der Waals surface area (Å²) in [5, 5.41) is 3.36. The summed E-state index contributed by atoms with van der Waals surface area (Å²) in [6.45, 7) is 0.701. The molecule has 0 amide bonds. The van der Waals surface area contributed by atoms with Crippen LogP contribution in [0, 0.1) is 0 Å². The Morgan fingerprint density at radius 1 is 1.50 bits per heavy atom. The molecule has 0 spiro atoms. The molecule has 2 aliphatic rings. The average Bonchev–Trinajstić information content (AvgIpc) is 2.47. The van der Waals surface area contributed by atoms with Crippen molar-refractivity contribution in [1.29, 1.82) is 0 Å². The minimum absolute atomic E-state index is 0.316. The average molecular weight is 163 g/mol. The van der Waals surface area contributed by atoms with E-state index in [4.69, 9.17) is 5.73 Å². The van der Waals surface area contributed by atoms with Crippen molar-refractivity contribution in [3.8, 4) is 0 Å². The van der Waals surface area contributed by atoms with Gasteiger partial charge < -0.3 is 16.0 Å². The minimum atomic E-state index is 0.316. The van der Waals surface area contributed by atoms with E-state index in [0.29, 0.717) is 12.7 Å². The second kappa shape index (κ2) is 3.03. The fourth-order valence-electron chi connectivity index (χ4n) is 1.46. The van der Waals surface area contributed by atoms with Crippen LogP contribution in [0.15, 0.2) is 36.3 Å². The van der Waals surface area contributed by atoms with Crippen LogP contribution in [0.1, 0.15) is 6.42 Å². The Balaban J connectivity index is 2.06. The SMILES string of the molecule is NCCC1=CN2C=CC=C[C@H]2N1. The number of hydrogen-bond donors (Lipinski definition) is 2. The van der Waals surface area contributed by atoms with E-state index >= 15 is 0 Å². The summed E-state index contributed by atoms with van der Waals surface area (Å²) < 4.78 is 0. The zero-order chi connectivity index (χ0) is 8.39. The fraction of sp³-hybridized carbons (Fsp3) is 0.333. The highest BCUT2D eigenvalue weighted by Crippen LogP contribution is 2.16. The molecule has 0 aromatic heterocycles. The molecule has 3 nitrogen and oxygen atoms in total. The third-order valence-corrected chi connectivity index (χ3v) is 2.04. The van der Waals surface area contributed by atoms with Crippen molar-refractivity contribution in [3.05, 3.63) is 36.3 Å². The molecule has 0 radical (unpaired) electrons. The van der Waals surface area contributed by atoms with Gasteiger partial charge in [0.15, 0.2) is 0 Å². The number of rotatable bonds is 2. The maximum absolute atomic E-state index is 5.46. The van der Waals surface area contributed by atoms with Crippen molar-refractivity contribution in [1.82, 2.24) is 10.2 Å². The molecule has 3 heteroatoms. The van der Waals surface area contributed by atoms with Gasteiger partial charge in [0, 0.05) is 24.5 Å². The Bertz CT molecular complexity index is 252. The van der Waals surface area contributed by atoms with Gasteiger partial charge in [-0.3, -0.25) is 0 Å². The Morgan fingerprint density at radius 3 is 3.17 bits per heavy atom.